The molecule has 0 atom stereocenters. The van der Waals surface area contributed by atoms with E-state index in [4.69, 9.17) is 4.98 Å². The molecule has 3 heteroatoms. The van der Waals surface area contributed by atoms with Crippen LogP contribution in [0.2, 0.25) is 0 Å². The number of thiophene rings is 1. The number of H-pyrrole nitrogens is 1. The van der Waals surface area contributed by atoms with Crippen molar-refractivity contribution in [2.75, 3.05) is 0 Å². The van der Waals surface area contributed by atoms with Gasteiger partial charge in [-0.2, -0.15) is 0 Å². The second-order valence-corrected chi connectivity index (χ2v) is 6.98. The fourth-order valence-electron chi connectivity index (χ4n) is 2.45. The SMILES string of the molecule is CC(C)c1nc2c([nH]1)Cc1cc(C(C)C)sc1C2. The van der Waals surface area contributed by atoms with Crippen LogP contribution < -0.4 is 0 Å². The molecule has 1 N–H and O–H groups in total. The first kappa shape index (κ1) is 12.0. The quantitative estimate of drug-likeness (QED) is 0.734. The molecule has 2 aromatic rings. The minimum atomic E-state index is 0.486. The van der Waals surface area contributed by atoms with Crippen molar-refractivity contribution >= 4 is 11.3 Å². The lowest BCUT2D eigenvalue weighted by Gasteiger charge is -2.09. The van der Waals surface area contributed by atoms with E-state index in [2.05, 4.69) is 38.7 Å². The van der Waals surface area contributed by atoms with Crippen LogP contribution in [0.5, 0.6) is 0 Å². The molecule has 2 aromatic heterocycles. The van der Waals surface area contributed by atoms with Gasteiger partial charge in [-0.15, -0.1) is 11.3 Å². The monoisotopic (exact) mass is 260 g/mol. The number of rotatable bonds is 2. The van der Waals surface area contributed by atoms with E-state index >= 15 is 0 Å². The first-order chi connectivity index (χ1) is 8.54. The van der Waals surface area contributed by atoms with Gasteiger partial charge in [0.1, 0.15) is 5.82 Å². The Hall–Kier alpha value is -1.09. The van der Waals surface area contributed by atoms with Crippen LogP contribution in [0.1, 0.15) is 72.1 Å². The van der Waals surface area contributed by atoms with E-state index in [1.807, 2.05) is 11.3 Å². The van der Waals surface area contributed by atoms with Crippen LogP contribution in [0.3, 0.4) is 0 Å². The van der Waals surface area contributed by atoms with E-state index in [0.29, 0.717) is 11.8 Å². The van der Waals surface area contributed by atoms with Gasteiger partial charge in [-0.1, -0.05) is 27.7 Å². The number of imidazole rings is 1. The van der Waals surface area contributed by atoms with Gasteiger partial charge in [0, 0.05) is 34.2 Å². The summed E-state index contributed by atoms with van der Waals surface area (Å²) in [5, 5.41) is 0. The molecule has 0 bridgehead atoms. The normalized spacial score (nSPS) is 14.1. The van der Waals surface area contributed by atoms with Gasteiger partial charge in [-0.05, 0) is 17.5 Å². The predicted molar refractivity (Wildman–Crippen MR) is 76.7 cm³/mol. The lowest BCUT2D eigenvalue weighted by atomic mass is 9.99. The third-order valence-corrected chi connectivity index (χ3v) is 5.09. The number of hydrogen-bond donors (Lipinski definition) is 1. The summed E-state index contributed by atoms with van der Waals surface area (Å²) in [7, 11) is 0. The zero-order chi connectivity index (χ0) is 12.9. The van der Waals surface area contributed by atoms with E-state index in [0.717, 1.165) is 18.7 Å². The molecule has 1 aliphatic rings. The summed E-state index contributed by atoms with van der Waals surface area (Å²) >= 11 is 1.97. The fraction of sp³-hybridized carbons (Fsp3) is 0.533. The van der Waals surface area contributed by atoms with Crippen molar-refractivity contribution < 1.29 is 0 Å². The largest absolute Gasteiger partial charge is 0.345 e. The van der Waals surface area contributed by atoms with Crippen molar-refractivity contribution in [3.05, 3.63) is 38.6 Å². The van der Waals surface area contributed by atoms with Crippen LogP contribution in [-0.4, -0.2) is 9.97 Å². The first-order valence-corrected chi connectivity index (χ1v) is 7.55. The van der Waals surface area contributed by atoms with Crippen molar-refractivity contribution in [2.24, 2.45) is 0 Å². The Labute approximate surface area is 112 Å². The molecule has 0 aromatic carbocycles. The van der Waals surface area contributed by atoms with Gasteiger partial charge >= 0.3 is 0 Å². The molecule has 0 saturated heterocycles. The number of aromatic amines is 1. The van der Waals surface area contributed by atoms with Crippen LogP contribution in [0.4, 0.5) is 0 Å². The molecule has 0 amide bonds. The van der Waals surface area contributed by atoms with Crippen LogP contribution in [-0.2, 0) is 12.8 Å². The van der Waals surface area contributed by atoms with Crippen LogP contribution in [0.25, 0.3) is 0 Å². The fourth-order valence-corrected chi connectivity index (χ4v) is 3.64. The second-order valence-electron chi connectivity index (χ2n) is 5.81. The maximum absolute atomic E-state index is 4.75. The standard InChI is InChI=1S/C15H20N2S/c1-8(2)13-6-10-5-11-12(7-14(10)18-13)17-15(16-11)9(3)4/h6,8-9H,5,7H2,1-4H3,(H,16,17). The molecular formula is C15H20N2S. The summed E-state index contributed by atoms with van der Waals surface area (Å²) < 4.78 is 0. The number of fused-ring (bicyclic) bond motifs is 2. The molecule has 0 fully saturated rings. The summed E-state index contributed by atoms with van der Waals surface area (Å²) in [5.74, 6) is 2.26. The Bertz CT molecular complexity index is 484. The predicted octanol–water partition coefficient (Wildman–Crippen LogP) is 4.21. The van der Waals surface area contributed by atoms with Crippen LogP contribution >= 0.6 is 11.3 Å². The molecule has 2 nitrogen and oxygen atoms in total. The van der Waals surface area contributed by atoms with E-state index < -0.39 is 0 Å². The molecule has 3 rings (SSSR count). The lowest BCUT2D eigenvalue weighted by Crippen LogP contribution is -2.03. The van der Waals surface area contributed by atoms with E-state index in [-0.39, 0.29) is 0 Å². The average molecular weight is 260 g/mol. The summed E-state index contributed by atoms with van der Waals surface area (Å²) in [6, 6.07) is 2.39. The third kappa shape index (κ3) is 1.91. The van der Waals surface area contributed by atoms with Crippen molar-refractivity contribution in [3.8, 4) is 0 Å². The molecule has 2 heterocycles. The van der Waals surface area contributed by atoms with Gasteiger partial charge in [-0.25, -0.2) is 4.98 Å². The third-order valence-electron chi connectivity index (χ3n) is 3.61. The first-order valence-electron chi connectivity index (χ1n) is 6.73. The van der Waals surface area contributed by atoms with Gasteiger partial charge in [0.25, 0.3) is 0 Å². The van der Waals surface area contributed by atoms with E-state index in [1.54, 1.807) is 0 Å². The summed E-state index contributed by atoms with van der Waals surface area (Å²) in [6.07, 6.45) is 2.05. The summed E-state index contributed by atoms with van der Waals surface area (Å²) in [4.78, 5) is 11.3. The number of aromatic nitrogens is 2. The number of nitrogens with one attached hydrogen (secondary N) is 1. The highest BCUT2D eigenvalue weighted by atomic mass is 32.1. The zero-order valence-electron chi connectivity index (χ0n) is 11.5. The molecule has 18 heavy (non-hydrogen) atoms. The highest BCUT2D eigenvalue weighted by Crippen LogP contribution is 2.35. The van der Waals surface area contributed by atoms with Crippen molar-refractivity contribution in [1.29, 1.82) is 0 Å². The van der Waals surface area contributed by atoms with Crippen molar-refractivity contribution in [3.63, 3.8) is 0 Å². The van der Waals surface area contributed by atoms with Gasteiger partial charge < -0.3 is 4.98 Å². The Morgan fingerprint density at radius 1 is 1.17 bits per heavy atom. The second kappa shape index (κ2) is 4.23. The molecule has 0 spiro atoms. The van der Waals surface area contributed by atoms with Gasteiger partial charge in [-0.3, -0.25) is 0 Å². The zero-order valence-corrected chi connectivity index (χ0v) is 12.3. The van der Waals surface area contributed by atoms with Crippen LogP contribution in [0, 0.1) is 0 Å². The minimum absolute atomic E-state index is 0.486. The van der Waals surface area contributed by atoms with Crippen LogP contribution in [0.15, 0.2) is 6.07 Å². The maximum atomic E-state index is 4.75. The molecule has 0 unspecified atom stereocenters. The minimum Gasteiger partial charge on any atom is -0.345 e. The Morgan fingerprint density at radius 3 is 2.61 bits per heavy atom. The molecule has 0 aliphatic heterocycles. The highest BCUT2D eigenvalue weighted by molar-refractivity contribution is 7.12. The van der Waals surface area contributed by atoms with E-state index in [9.17, 15) is 0 Å². The average Bonchev–Trinajstić information content (AvgIpc) is 2.87. The molecular weight excluding hydrogens is 240 g/mol. The molecule has 0 radical (unpaired) electrons. The smallest absolute Gasteiger partial charge is 0.109 e. The molecule has 1 aliphatic carbocycles. The highest BCUT2D eigenvalue weighted by Gasteiger charge is 2.22. The molecule has 96 valence electrons. The van der Waals surface area contributed by atoms with Gasteiger partial charge in [0.05, 0.1) is 5.69 Å². The summed E-state index contributed by atoms with van der Waals surface area (Å²) in [5.41, 5.74) is 4.11. The van der Waals surface area contributed by atoms with Gasteiger partial charge in [0.15, 0.2) is 0 Å². The lowest BCUT2D eigenvalue weighted by molar-refractivity contribution is 0.788. The topological polar surface area (TPSA) is 28.7 Å². The summed E-state index contributed by atoms with van der Waals surface area (Å²) in [6.45, 7) is 8.92. The van der Waals surface area contributed by atoms with Crippen molar-refractivity contribution in [1.82, 2.24) is 9.97 Å². The Kier molecular flexibility index (Phi) is 2.81. The van der Waals surface area contributed by atoms with Gasteiger partial charge in [0.2, 0.25) is 0 Å². The maximum Gasteiger partial charge on any atom is 0.109 e. The van der Waals surface area contributed by atoms with E-state index in [1.165, 1.54) is 26.7 Å². The number of nitrogens with zero attached hydrogens (tertiary/aromatic N) is 1. The molecule has 0 saturated carbocycles. The number of hydrogen-bond acceptors (Lipinski definition) is 2. The Morgan fingerprint density at radius 2 is 1.94 bits per heavy atom. The van der Waals surface area contributed by atoms with Crippen molar-refractivity contribution in [2.45, 2.75) is 52.4 Å². The Balaban J connectivity index is 1.95.